The molecule has 3 rings (SSSR count). The average molecular weight is 374 g/mol. The molecule has 5 nitrogen and oxygen atoms in total. The number of fused-ring (bicyclic) bond motifs is 1. The summed E-state index contributed by atoms with van der Waals surface area (Å²) in [6.07, 6.45) is 0.0494. The Morgan fingerprint density at radius 1 is 1.35 bits per heavy atom. The third-order valence-electron chi connectivity index (χ3n) is 4.13. The van der Waals surface area contributed by atoms with Gasteiger partial charge in [0.15, 0.2) is 11.6 Å². The van der Waals surface area contributed by atoms with Gasteiger partial charge in [-0.15, -0.1) is 11.8 Å². The van der Waals surface area contributed by atoms with E-state index in [1.807, 2.05) is 24.3 Å². The predicted octanol–water partition coefficient (Wildman–Crippen LogP) is 3.51. The number of halogens is 1. The number of para-hydroxylation sites is 1. The van der Waals surface area contributed by atoms with Gasteiger partial charge in [0, 0.05) is 11.3 Å². The summed E-state index contributed by atoms with van der Waals surface area (Å²) in [4.78, 5) is 25.5. The van der Waals surface area contributed by atoms with Gasteiger partial charge in [0.05, 0.1) is 24.1 Å². The van der Waals surface area contributed by atoms with E-state index in [0.29, 0.717) is 5.56 Å². The second-order valence-electron chi connectivity index (χ2n) is 5.98. The zero-order valence-corrected chi connectivity index (χ0v) is 15.2. The fourth-order valence-corrected chi connectivity index (χ4v) is 3.84. The van der Waals surface area contributed by atoms with E-state index in [2.05, 4.69) is 10.6 Å². The summed E-state index contributed by atoms with van der Waals surface area (Å²) >= 11 is 1.37. The van der Waals surface area contributed by atoms with Crippen LogP contribution in [0.3, 0.4) is 0 Å². The molecule has 2 aromatic carbocycles. The lowest BCUT2D eigenvalue weighted by Gasteiger charge is -2.24. The van der Waals surface area contributed by atoms with Crippen molar-refractivity contribution < 1.29 is 18.7 Å². The van der Waals surface area contributed by atoms with Crippen LogP contribution in [0.1, 0.15) is 24.9 Å². The van der Waals surface area contributed by atoms with Crippen molar-refractivity contribution in [1.29, 1.82) is 0 Å². The molecule has 2 N–H and O–H groups in total. The van der Waals surface area contributed by atoms with Gasteiger partial charge in [-0.1, -0.05) is 18.2 Å². The van der Waals surface area contributed by atoms with Gasteiger partial charge in [-0.25, -0.2) is 4.39 Å². The minimum Gasteiger partial charge on any atom is -0.494 e. The Labute approximate surface area is 155 Å². The van der Waals surface area contributed by atoms with Crippen LogP contribution < -0.4 is 15.4 Å². The first-order valence-corrected chi connectivity index (χ1v) is 9.05. The minimum absolute atomic E-state index is 0.0494. The topological polar surface area (TPSA) is 67.4 Å². The highest BCUT2D eigenvalue weighted by Gasteiger charge is 2.29. The van der Waals surface area contributed by atoms with Crippen LogP contribution in [0.2, 0.25) is 0 Å². The van der Waals surface area contributed by atoms with Gasteiger partial charge < -0.3 is 15.4 Å². The van der Waals surface area contributed by atoms with Crippen LogP contribution in [0, 0.1) is 5.82 Å². The van der Waals surface area contributed by atoms with Gasteiger partial charge in [-0.05, 0) is 36.8 Å². The lowest BCUT2D eigenvalue weighted by atomic mass is 10.1. The van der Waals surface area contributed by atoms with Gasteiger partial charge >= 0.3 is 0 Å². The Balaban J connectivity index is 1.62. The molecule has 0 aromatic heterocycles. The average Bonchev–Trinajstić information content (AvgIpc) is 2.62. The molecule has 2 aromatic rings. The molecule has 1 aliphatic rings. The predicted molar refractivity (Wildman–Crippen MR) is 98.8 cm³/mol. The van der Waals surface area contributed by atoms with Crippen molar-refractivity contribution >= 4 is 29.3 Å². The van der Waals surface area contributed by atoms with E-state index >= 15 is 0 Å². The molecule has 0 saturated carbocycles. The van der Waals surface area contributed by atoms with Crippen molar-refractivity contribution in [3.8, 4) is 5.75 Å². The molecule has 1 aliphatic heterocycles. The second-order valence-corrected chi connectivity index (χ2v) is 7.22. The van der Waals surface area contributed by atoms with Crippen LogP contribution >= 0.6 is 11.8 Å². The largest absolute Gasteiger partial charge is 0.494 e. The molecule has 1 heterocycles. The second kappa shape index (κ2) is 7.78. The number of rotatable bonds is 5. The molecular weight excluding hydrogens is 355 g/mol. The zero-order valence-electron chi connectivity index (χ0n) is 14.4. The monoisotopic (exact) mass is 374 g/mol. The maximum absolute atomic E-state index is 13.8. The first-order valence-electron chi connectivity index (χ1n) is 8.17. The Morgan fingerprint density at radius 2 is 2.12 bits per heavy atom. The van der Waals surface area contributed by atoms with Crippen molar-refractivity contribution in [3.05, 3.63) is 53.8 Å². The molecule has 0 spiro atoms. The van der Waals surface area contributed by atoms with Gasteiger partial charge in [0.25, 0.3) is 0 Å². The molecule has 136 valence electrons. The minimum atomic E-state index is -0.496. The Morgan fingerprint density at radius 3 is 2.85 bits per heavy atom. The number of carbonyl (C=O) groups excluding carboxylic acids is 2. The highest BCUT2D eigenvalue weighted by Crippen LogP contribution is 2.36. The van der Waals surface area contributed by atoms with Crippen molar-refractivity contribution in [3.63, 3.8) is 0 Å². The standard InChI is InChI=1S/C19H19FN2O3S/c1-11(12-7-8-15(25-2)13(20)9-12)21-18(23)10-17-19(24)22-14-5-3-4-6-16(14)26-17/h3-9,11,17H,10H2,1-2H3,(H,21,23)(H,22,24)/t11-,17-/m0/s1. The van der Waals surface area contributed by atoms with Crippen molar-refractivity contribution in [2.24, 2.45) is 0 Å². The van der Waals surface area contributed by atoms with Crippen LogP contribution in [0.5, 0.6) is 5.75 Å². The van der Waals surface area contributed by atoms with Gasteiger partial charge in [0.1, 0.15) is 0 Å². The summed E-state index contributed by atoms with van der Waals surface area (Å²) in [7, 11) is 1.40. The third kappa shape index (κ3) is 3.99. The van der Waals surface area contributed by atoms with Crippen molar-refractivity contribution in [2.75, 3.05) is 12.4 Å². The van der Waals surface area contributed by atoms with Crippen LogP contribution in [-0.2, 0) is 9.59 Å². The smallest absolute Gasteiger partial charge is 0.238 e. The molecule has 0 fully saturated rings. The fourth-order valence-electron chi connectivity index (χ4n) is 2.73. The highest BCUT2D eigenvalue weighted by atomic mass is 32.2. The molecule has 0 aliphatic carbocycles. The lowest BCUT2D eigenvalue weighted by molar-refractivity contribution is -0.124. The molecule has 2 atom stereocenters. The summed E-state index contributed by atoms with van der Waals surface area (Å²) in [6, 6.07) is 11.7. The van der Waals surface area contributed by atoms with Crippen LogP contribution in [0.4, 0.5) is 10.1 Å². The summed E-state index contributed by atoms with van der Waals surface area (Å²) < 4.78 is 18.7. The number of amides is 2. The molecule has 0 radical (unpaired) electrons. The van der Waals surface area contributed by atoms with Crippen LogP contribution in [0.25, 0.3) is 0 Å². The number of thioether (sulfide) groups is 1. The summed E-state index contributed by atoms with van der Waals surface area (Å²) in [6.45, 7) is 1.77. The molecule has 0 saturated heterocycles. The number of hydrogen-bond donors (Lipinski definition) is 2. The first kappa shape index (κ1) is 18.3. The molecule has 0 unspecified atom stereocenters. The molecule has 0 bridgehead atoms. The maximum atomic E-state index is 13.8. The number of carbonyl (C=O) groups is 2. The zero-order chi connectivity index (χ0) is 18.7. The van der Waals surface area contributed by atoms with E-state index < -0.39 is 11.1 Å². The number of anilines is 1. The van der Waals surface area contributed by atoms with E-state index in [1.54, 1.807) is 13.0 Å². The number of nitrogens with one attached hydrogen (secondary N) is 2. The number of methoxy groups -OCH3 is 1. The fraction of sp³-hybridized carbons (Fsp3) is 0.263. The third-order valence-corrected chi connectivity index (χ3v) is 5.41. The molecule has 26 heavy (non-hydrogen) atoms. The number of hydrogen-bond acceptors (Lipinski definition) is 4. The van der Waals surface area contributed by atoms with E-state index in [4.69, 9.17) is 4.74 Å². The Hall–Kier alpha value is -2.54. The Kier molecular flexibility index (Phi) is 5.46. The SMILES string of the molecule is COc1ccc([C@H](C)NC(=O)C[C@@H]2Sc3ccccc3NC2=O)cc1F. The van der Waals surface area contributed by atoms with Gasteiger partial charge in [-0.2, -0.15) is 0 Å². The maximum Gasteiger partial charge on any atom is 0.238 e. The first-order chi connectivity index (χ1) is 12.5. The molecular formula is C19H19FN2O3S. The Bertz CT molecular complexity index is 843. The van der Waals surface area contributed by atoms with Crippen molar-refractivity contribution in [2.45, 2.75) is 29.5 Å². The summed E-state index contributed by atoms with van der Waals surface area (Å²) in [5, 5.41) is 5.13. The van der Waals surface area contributed by atoms with Gasteiger partial charge in [0.2, 0.25) is 11.8 Å². The van der Waals surface area contributed by atoms with Gasteiger partial charge in [-0.3, -0.25) is 9.59 Å². The number of benzene rings is 2. The van der Waals surface area contributed by atoms with E-state index in [1.165, 1.54) is 31.0 Å². The number of ether oxygens (including phenoxy) is 1. The molecule has 2 amide bonds. The van der Waals surface area contributed by atoms with E-state index in [9.17, 15) is 14.0 Å². The summed E-state index contributed by atoms with van der Waals surface area (Å²) in [5.41, 5.74) is 1.39. The van der Waals surface area contributed by atoms with E-state index in [0.717, 1.165) is 10.6 Å². The van der Waals surface area contributed by atoms with E-state index in [-0.39, 0.29) is 30.0 Å². The van der Waals surface area contributed by atoms with Crippen LogP contribution in [-0.4, -0.2) is 24.2 Å². The normalized spacial score (nSPS) is 17.0. The molecule has 7 heteroatoms. The highest BCUT2D eigenvalue weighted by molar-refractivity contribution is 8.01. The quantitative estimate of drug-likeness (QED) is 0.840. The summed E-state index contributed by atoms with van der Waals surface area (Å²) in [5.74, 6) is -0.779. The lowest BCUT2D eigenvalue weighted by Crippen LogP contribution is -2.35. The van der Waals surface area contributed by atoms with Crippen molar-refractivity contribution in [1.82, 2.24) is 5.32 Å². The van der Waals surface area contributed by atoms with Crippen LogP contribution in [0.15, 0.2) is 47.4 Å².